The Morgan fingerprint density at radius 2 is 2.05 bits per heavy atom. The van der Waals surface area contributed by atoms with Crippen LogP contribution in [-0.2, 0) is 20.7 Å². The average molecular weight is 275 g/mol. The van der Waals surface area contributed by atoms with Gasteiger partial charge in [0.2, 0.25) is 12.3 Å². The lowest BCUT2D eigenvalue weighted by Crippen LogP contribution is -2.42. The molecule has 4 nitrogen and oxygen atoms in total. The molecule has 20 heavy (non-hydrogen) atoms. The second-order valence-electron chi connectivity index (χ2n) is 5.22. The Hall–Kier alpha value is -1.39. The Bertz CT molecular complexity index is 508. The Morgan fingerprint density at radius 1 is 1.30 bits per heavy atom. The highest BCUT2D eigenvalue weighted by Gasteiger charge is 2.43. The van der Waals surface area contributed by atoms with E-state index in [4.69, 9.17) is 9.47 Å². The van der Waals surface area contributed by atoms with E-state index in [2.05, 4.69) is 6.07 Å². The number of benzene rings is 1. The van der Waals surface area contributed by atoms with Crippen LogP contribution in [0.25, 0.3) is 0 Å². The van der Waals surface area contributed by atoms with Crippen LogP contribution in [0.3, 0.4) is 0 Å². The summed E-state index contributed by atoms with van der Waals surface area (Å²) in [5, 5.41) is 0. The number of ether oxygens (including phenoxy) is 2. The normalized spacial score (nSPS) is 20.6. The van der Waals surface area contributed by atoms with Crippen molar-refractivity contribution >= 4 is 11.6 Å². The summed E-state index contributed by atoms with van der Waals surface area (Å²) in [7, 11) is 0. The van der Waals surface area contributed by atoms with Crippen LogP contribution in [0.4, 0.5) is 5.69 Å². The molecule has 4 heteroatoms. The largest absolute Gasteiger partial charge is 0.335 e. The number of hydrogen-bond donors (Lipinski definition) is 0. The molecule has 0 bridgehead atoms. The first-order chi connectivity index (χ1) is 9.77. The molecular weight excluding hydrogens is 254 g/mol. The van der Waals surface area contributed by atoms with Gasteiger partial charge in [-0.25, -0.2) is 0 Å². The minimum absolute atomic E-state index is 0.00152. The van der Waals surface area contributed by atoms with Crippen molar-refractivity contribution in [1.29, 1.82) is 0 Å². The average Bonchev–Trinajstić information content (AvgIpc) is 2.74. The van der Waals surface area contributed by atoms with Crippen molar-refractivity contribution in [2.45, 2.75) is 45.4 Å². The topological polar surface area (TPSA) is 38.8 Å². The third-order valence-electron chi connectivity index (χ3n) is 4.09. The van der Waals surface area contributed by atoms with Crippen molar-refractivity contribution in [2.75, 3.05) is 18.1 Å². The van der Waals surface area contributed by atoms with Gasteiger partial charge in [-0.15, -0.1) is 0 Å². The molecule has 0 saturated heterocycles. The van der Waals surface area contributed by atoms with Crippen LogP contribution in [0.2, 0.25) is 0 Å². The van der Waals surface area contributed by atoms with E-state index in [1.165, 1.54) is 11.1 Å². The number of rotatable bonds is 5. The minimum atomic E-state index is -0.602. The number of carbonyl (C=O) groups is 1. The van der Waals surface area contributed by atoms with Crippen LogP contribution < -0.4 is 4.90 Å². The quantitative estimate of drug-likeness (QED) is 0.776. The zero-order valence-electron chi connectivity index (χ0n) is 12.1. The second kappa shape index (κ2) is 5.54. The lowest BCUT2D eigenvalue weighted by Gasteiger charge is -2.27. The van der Waals surface area contributed by atoms with E-state index in [9.17, 15) is 4.79 Å². The summed E-state index contributed by atoms with van der Waals surface area (Å²) in [6.45, 7) is 4.88. The molecule has 0 aromatic heterocycles. The van der Waals surface area contributed by atoms with Gasteiger partial charge in [-0.2, -0.15) is 0 Å². The Balaban J connectivity index is 2.01. The lowest BCUT2D eigenvalue weighted by atomic mass is 9.84. The Kier molecular flexibility index (Phi) is 3.76. The molecule has 0 fully saturated rings. The Morgan fingerprint density at radius 3 is 2.75 bits per heavy atom. The lowest BCUT2D eigenvalue weighted by molar-refractivity contribution is -0.149. The summed E-state index contributed by atoms with van der Waals surface area (Å²) < 4.78 is 11.3. The zero-order chi connectivity index (χ0) is 14.1. The van der Waals surface area contributed by atoms with E-state index in [1.54, 1.807) is 4.90 Å². The van der Waals surface area contributed by atoms with Gasteiger partial charge in [0.05, 0.1) is 11.6 Å². The molecule has 3 rings (SSSR count). The highest BCUT2D eigenvalue weighted by molar-refractivity contribution is 6.05. The number of aryl methyl sites for hydroxylation is 1. The van der Waals surface area contributed by atoms with Gasteiger partial charge in [0.15, 0.2) is 0 Å². The van der Waals surface area contributed by atoms with Crippen molar-refractivity contribution in [2.24, 2.45) is 0 Å². The van der Waals surface area contributed by atoms with E-state index in [-0.39, 0.29) is 11.8 Å². The van der Waals surface area contributed by atoms with Crippen molar-refractivity contribution in [3.8, 4) is 0 Å². The molecule has 0 spiro atoms. The van der Waals surface area contributed by atoms with Crippen molar-refractivity contribution in [3.05, 3.63) is 29.3 Å². The maximum Gasteiger partial charge on any atom is 0.247 e. The van der Waals surface area contributed by atoms with Gasteiger partial charge in [-0.05, 0) is 50.3 Å². The van der Waals surface area contributed by atoms with Gasteiger partial charge in [-0.3, -0.25) is 9.69 Å². The van der Waals surface area contributed by atoms with Crippen molar-refractivity contribution in [3.63, 3.8) is 0 Å². The predicted octanol–water partition coefficient (Wildman–Crippen LogP) is 2.81. The molecule has 1 atom stereocenters. The maximum absolute atomic E-state index is 12.7. The highest BCUT2D eigenvalue weighted by Crippen LogP contribution is 2.46. The summed E-state index contributed by atoms with van der Waals surface area (Å²) in [4.78, 5) is 14.4. The number of hydrogen-bond acceptors (Lipinski definition) is 3. The summed E-state index contributed by atoms with van der Waals surface area (Å²) in [5.74, 6) is 0.123. The zero-order valence-corrected chi connectivity index (χ0v) is 12.1. The van der Waals surface area contributed by atoms with Crippen LogP contribution in [-0.4, -0.2) is 25.5 Å². The van der Waals surface area contributed by atoms with Gasteiger partial charge in [0.1, 0.15) is 0 Å². The molecule has 1 aliphatic carbocycles. The molecule has 1 heterocycles. The fraction of sp³-hybridized carbons (Fsp3) is 0.562. The van der Waals surface area contributed by atoms with Gasteiger partial charge < -0.3 is 9.47 Å². The van der Waals surface area contributed by atoms with E-state index in [1.807, 2.05) is 26.0 Å². The molecule has 1 aliphatic heterocycles. The van der Waals surface area contributed by atoms with Crippen molar-refractivity contribution < 1.29 is 14.3 Å². The van der Waals surface area contributed by atoms with Crippen LogP contribution in [0.5, 0.6) is 0 Å². The summed E-state index contributed by atoms with van der Waals surface area (Å²) in [6, 6.07) is 6.17. The third kappa shape index (κ3) is 2.03. The first-order valence-electron chi connectivity index (χ1n) is 7.46. The fourth-order valence-electron chi connectivity index (χ4n) is 3.30. The molecular formula is C16H21NO3. The molecule has 0 radical (unpaired) electrons. The van der Waals surface area contributed by atoms with Crippen LogP contribution in [0.1, 0.15) is 43.7 Å². The van der Waals surface area contributed by atoms with Gasteiger partial charge in [0, 0.05) is 13.2 Å². The molecule has 0 saturated carbocycles. The van der Waals surface area contributed by atoms with E-state index < -0.39 is 6.41 Å². The third-order valence-corrected chi connectivity index (χ3v) is 4.09. The summed E-state index contributed by atoms with van der Waals surface area (Å²) in [5.41, 5.74) is 3.48. The summed E-state index contributed by atoms with van der Waals surface area (Å²) in [6.07, 6.45) is 2.47. The van der Waals surface area contributed by atoms with E-state index in [0.717, 1.165) is 24.9 Å². The first kappa shape index (κ1) is 13.6. The van der Waals surface area contributed by atoms with Gasteiger partial charge in [0.25, 0.3) is 0 Å². The standard InChI is InChI=1S/C16H21NO3/c1-3-19-16(20-4-2)17-13-10-6-8-11-7-5-9-12(14(11)13)15(17)18/h6,8,10,12,16H,3-5,7,9H2,1-2H3. The predicted molar refractivity (Wildman–Crippen MR) is 76.6 cm³/mol. The first-order valence-corrected chi connectivity index (χ1v) is 7.46. The molecule has 1 unspecified atom stereocenters. The second-order valence-corrected chi connectivity index (χ2v) is 5.22. The van der Waals surface area contributed by atoms with Crippen LogP contribution in [0, 0.1) is 0 Å². The monoisotopic (exact) mass is 275 g/mol. The number of amides is 1. The van der Waals surface area contributed by atoms with Crippen molar-refractivity contribution in [1.82, 2.24) is 0 Å². The molecule has 0 N–H and O–H groups in total. The van der Waals surface area contributed by atoms with Gasteiger partial charge in [-0.1, -0.05) is 12.1 Å². The number of nitrogens with zero attached hydrogens (tertiary/aromatic N) is 1. The highest BCUT2D eigenvalue weighted by atomic mass is 16.7. The maximum atomic E-state index is 12.7. The smallest absolute Gasteiger partial charge is 0.247 e. The van der Waals surface area contributed by atoms with Gasteiger partial charge >= 0.3 is 0 Å². The Labute approximate surface area is 119 Å². The minimum Gasteiger partial charge on any atom is -0.335 e. The molecule has 1 aromatic carbocycles. The van der Waals surface area contributed by atoms with E-state index >= 15 is 0 Å². The molecule has 1 aromatic rings. The van der Waals surface area contributed by atoms with Crippen LogP contribution >= 0.6 is 0 Å². The summed E-state index contributed by atoms with van der Waals surface area (Å²) >= 11 is 0. The molecule has 1 amide bonds. The number of anilines is 1. The fourth-order valence-corrected chi connectivity index (χ4v) is 3.30. The molecule has 2 aliphatic rings. The SMILES string of the molecule is CCOC(OCC)N1C(=O)C2CCCc3cccc1c32. The van der Waals surface area contributed by atoms with E-state index in [0.29, 0.717) is 13.2 Å². The number of carbonyl (C=O) groups excluding carboxylic acids is 1. The van der Waals surface area contributed by atoms with Crippen LogP contribution in [0.15, 0.2) is 18.2 Å². The molecule has 108 valence electrons.